The molecule has 0 atom stereocenters. The number of nitrogens with one attached hydrogen (secondary N) is 2. The monoisotopic (exact) mass is 401 g/mol. The molecule has 0 saturated heterocycles. The van der Waals surface area contributed by atoms with Crippen molar-refractivity contribution in [1.29, 1.82) is 0 Å². The smallest absolute Gasteiger partial charge is 0.240 e. The summed E-state index contributed by atoms with van der Waals surface area (Å²) >= 11 is 0. The molecule has 148 valence electrons. The van der Waals surface area contributed by atoms with Gasteiger partial charge in [-0.05, 0) is 54.7 Å². The first kappa shape index (κ1) is 20.0. The Labute approximate surface area is 164 Å². The van der Waals surface area contributed by atoms with Gasteiger partial charge in [-0.2, -0.15) is 0 Å². The van der Waals surface area contributed by atoms with E-state index < -0.39 is 15.9 Å². The van der Waals surface area contributed by atoms with E-state index in [2.05, 4.69) is 10.0 Å². The second-order valence-corrected chi connectivity index (χ2v) is 8.64. The lowest BCUT2D eigenvalue weighted by atomic mass is 10.1. The molecule has 2 amide bonds. The summed E-state index contributed by atoms with van der Waals surface area (Å²) in [4.78, 5) is 23.2. The average Bonchev–Trinajstić information content (AvgIpc) is 3.45. The SMILES string of the molecule is NC(=O)Cc1ccc(NC(=O)CCc2ccc(S(=O)(=O)NC3CC3)cc2)cc1. The van der Waals surface area contributed by atoms with Crippen molar-refractivity contribution in [3.8, 4) is 0 Å². The minimum atomic E-state index is -3.46. The summed E-state index contributed by atoms with van der Waals surface area (Å²) in [7, 11) is -3.46. The van der Waals surface area contributed by atoms with Crippen LogP contribution < -0.4 is 15.8 Å². The fraction of sp³-hybridized carbons (Fsp3) is 0.300. The van der Waals surface area contributed by atoms with Gasteiger partial charge in [-0.1, -0.05) is 24.3 Å². The fourth-order valence-corrected chi connectivity index (χ4v) is 4.02. The maximum Gasteiger partial charge on any atom is 0.240 e. The fourth-order valence-electron chi connectivity index (χ4n) is 2.71. The lowest BCUT2D eigenvalue weighted by Gasteiger charge is -2.08. The highest BCUT2D eigenvalue weighted by molar-refractivity contribution is 7.89. The van der Waals surface area contributed by atoms with E-state index in [4.69, 9.17) is 5.73 Å². The van der Waals surface area contributed by atoms with E-state index in [1.54, 1.807) is 48.5 Å². The second-order valence-electron chi connectivity index (χ2n) is 6.93. The zero-order valence-corrected chi connectivity index (χ0v) is 16.2. The highest BCUT2D eigenvalue weighted by atomic mass is 32.2. The van der Waals surface area contributed by atoms with E-state index in [1.165, 1.54) is 0 Å². The third-order valence-electron chi connectivity index (χ3n) is 4.39. The normalized spacial score (nSPS) is 13.9. The number of sulfonamides is 1. The van der Waals surface area contributed by atoms with Crippen LogP contribution in [-0.2, 0) is 32.5 Å². The van der Waals surface area contributed by atoms with Crippen molar-refractivity contribution in [1.82, 2.24) is 4.72 Å². The number of hydrogen-bond acceptors (Lipinski definition) is 4. The Kier molecular flexibility index (Phi) is 6.11. The van der Waals surface area contributed by atoms with E-state index in [0.717, 1.165) is 24.0 Å². The molecule has 1 saturated carbocycles. The van der Waals surface area contributed by atoms with Gasteiger partial charge in [0.15, 0.2) is 0 Å². The molecule has 3 rings (SSSR count). The summed E-state index contributed by atoms with van der Waals surface area (Å²) in [6.07, 6.45) is 2.72. The van der Waals surface area contributed by atoms with Crippen LogP contribution in [0.2, 0.25) is 0 Å². The van der Waals surface area contributed by atoms with Crippen LogP contribution in [0.1, 0.15) is 30.4 Å². The van der Waals surface area contributed by atoms with Gasteiger partial charge in [0.1, 0.15) is 0 Å². The first-order valence-electron chi connectivity index (χ1n) is 9.10. The van der Waals surface area contributed by atoms with Crippen LogP contribution in [0.5, 0.6) is 0 Å². The number of nitrogens with two attached hydrogens (primary N) is 1. The van der Waals surface area contributed by atoms with Gasteiger partial charge in [0.2, 0.25) is 21.8 Å². The molecule has 0 spiro atoms. The van der Waals surface area contributed by atoms with Gasteiger partial charge < -0.3 is 11.1 Å². The molecule has 1 aliphatic rings. The van der Waals surface area contributed by atoms with Crippen molar-refractivity contribution in [2.24, 2.45) is 5.73 Å². The molecular weight excluding hydrogens is 378 g/mol. The number of primary amides is 1. The highest BCUT2D eigenvalue weighted by Gasteiger charge is 2.27. The highest BCUT2D eigenvalue weighted by Crippen LogP contribution is 2.22. The molecule has 2 aromatic rings. The topological polar surface area (TPSA) is 118 Å². The minimum Gasteiger partial charge on any atom is -0.369 e. The zero-order valence-electron chi connectivity index (χ0n) is 15.4. The van der Waals surface area contributed by atoms with Crippen molar-refractivity contribution in [3.05, 3.63) is 59.7 Å². The van der Waals surface area contributed by atoms with Gasteiger partial charge >= 0.3 is 0 Å². The Bertz CT molecular complexity index is 950. The number of carbonyl (C=O) groups excluding carboxylic acids is 2. The summed E-state index contributed by atoms with van der Waals surface area (Å²) in [6, 6.07) is 13.6. The number of amides is 2. The molecule has 0 bridgehead atoms. The molecule has 0 unspecified atom stereocenters. The molecular formula is C20H23N3O4S. The summed E-state index contributed by atoms with van der Waals surface area (Å²) in [5.41, 5.74) is 7.47. The Hall–Kier alpha value is -2.71. The van der Waals surface area contributed by atoms with Crippen LogP contribution in [0.25, 0.3) is 0 Å². The molecule has 1 aliphatic carbocycles. The van der Waals surface area contributed by atoms with Crippen molar-refractivity contribution in [3.63, 3.8) is 0 Å². The number of anilines is 1. The Morgan fingerprint density at radius 3 is 2.14 bits per heavy atom. The van der Waals surface area contributed by atoms with Crippen molar-refractivity contribution < 1.29 is 18.0 Å². The first-order chi connectivity index (χ1) is 13.3. The molecule has 0 aliphatic heterocycles. The van der Waals surface area contributed by atoms with Gasteiger partial charge in [0, 0.05) is 18.2 Å². The van der Waals surface area contributed by atoms with Crippen LogP contribution in [0.4, 0.5) is 5.69 Å². The molecule has 7 nitrogen and oxygen atoms in total. The Morgan fingerprint density at radius 1 is 0.964 bits per heavy atom. The number of rotatable bonds is 9. The predicted molar refractivity (Wildman–Crippen MR) is 106 cm³/mol. The van der Waals surface area contributed by atoms with Gasteiger partial charge in [-0.25, -0.2) is 13.1 Å². The molecule has 2 aromatic carbocycles. The summed E-state index contributed by atoms with van der Waals surface area (Å²) in [5.74, 6) is -0.548. The van der Waals surface area contributed by atoms with E-state index in [9.17, 15) is 18.0 Å². The van der Waals surface area contributed by atoms with Gasteiger partial charge in [-0.15, -0.1) is 0 Å². The van der Waals surface area contributed by atoms with Crippen LogP contribution in [0.15, 0.2) is 53.4 Å². The number of hydrogen-bond donors (Lipinski definition) is 3. The van der Waals surface area contributed by atoms with E-state index in [-0.39, 0.29) is 29.7 Å². The molecule has 1 fully saturated rings. The lowest BCUT2D eigenvalue weighted by molar-refractivity contribution is -0.117. The second kappa shape index (κ2) is 8.53. The predicted octanol–water partition coefficient (Wildman–Crippen LogP) is 1.73. The van der Waals surface area contributed by atoms with Gasteiger partial charge in [-0.3, -0.25) is 9.59 Å². The number of benzene rings is 2. The van der Waals surface area contributed by atoms with E-state index >= 15 is 0 Å². The van der Waals surface area contributed by atoms with Gasteiger partial charge in [0.25, 0.3) is 0 Å². The largest absolute Gasteiger partial charge is 0.369 e. The van der Waals surface area contributed by atoms with Crippen LogP contribution in [0.3, 0.4) is 0 Å². The minimum absolute atomic E-state index is 0.0678. The molecule has 28 heavy (non-hydrogen) atoms. The van der Waals surface area contributed by atoms with Crippen molar-refractivity contribution in [2.45, 2.75) is 43.0 Å². The van der Waals surface area contributed by atoms with E-state index in [1.807, 2.05) is 0 Å². The number of carbonyl (C=O) groups is 2. The first-order valence-corrected chi connectivity index (χ1v) is 10.6. The van der Waals surface area contributed by atoms with Crippen LogP contribution in [0, 0.1) is 0 Å². The molecule has 0 aromatic heterocycles. The van der Waals surface area contributed by atoms with Crippen LogP contribution >= 0.6 is 0 Å². The Balaban J connectivity index is 1.49. The summed E-state index contributed by atoms with van der Waals surface area (Å²) < 4.78 is 26.9. The lowest BCUT2D eigenvalue weighted by Crippen LogP contribution is -2.25. The average molecular weight is 401 g/mol. The summed E-state index contributed by atoms with van der Waals surface area (Å²) in [5, 5.41) is 2.80. The van der Waals surface area contributed by atoms with Crippen LogP contribution in [-0.4, -0.2) is 26.3 Å². The third-order valence-corrected chi connectivity index (χ3v) is 5.93. The molecule has 8 heteroatoms. The Morgan fingerprint density at radius 2 is 1.57 bits per heavy atom. The third kappa shape index (κ3) is 5.90. The standard InChI is InChI=1S/C20H23N3O4S/c21-19(24)13-15-1-6-16(7-2-15)22-20(25)12-5-14-3-10-18(11-4-14)28(26,27)23-17-8-9-17/h1-4,6-7,10-11,17,23H,5,8-9,12-13H2,(H2,21,24)(H,22,25). The van der Waals surface area contributed by atoms with Crippen molar-refractivity contribution in [2.75, 3.05) is 5.32 Å². The maximum absolute atomic E-state index is 12.1. The molecule has 0 heterocycles. The van der Waals surface area contributed by atoms with Crippen molar-refractivity contribution >= 4 is 27.5 Å². The summed E-state index contributed by atoms with van der Waals surface area (Å²) in [6.45, 7) is 0. The maximum atomic E-state index is 12.1. The molecule has 4 N–H and O–H groups in total. The van der Waals surface area contributed by atoms with Gasteiger partial charge in [0.05, 0.1) is 11.3 Å². The molecule has 0 radical (unpaired) electrons. The number of aryl methyl sites for hydroxylation is 1. The van der Waals surface area contributed by atoms with E-state index in [0.29, 0.717) is 12.1 Å². The quantitative estimate of drug-likeness (QED) is 0.593. The zero-order chi connectivity index (χ0) is 20.1.